The van der Waals surface area contributed by atoms with Gasteiger partial charge in [-0.05, 0) is 61.2 Å². The number of hydrogen-bond donors (Lipinski definition) is 2. The quantitative estimate of drug-likeness (QED) is 0.396. The minimum atomic E-state index is -4.52. The summed E-state index contributed by atoms with van der Waals surface area (Å²) in [7, 11) is 2.01. The molecule has 0 bridgehead atoms. The highest BCUT2D eigenvalue weighted by Gasteiger charge is 2.62. The Bertz CT molecular complexity index is 1480. The molecule has 6 rings (SSSR count). The molecule has 7 nitrogen and oxygen atoms in total. The van der Waals surface area contributed by atoms with Crippen molar-refractivity contribution in [2.75, 3.05) is 51.6 Å². The number of alkyl halides is 3. The number of nitrogens with one attached hydrogen (secondary N) is 2. The number of hydrogen-bond acceptors (Lipinski definition) is 4. The van der Waals surface area contributed by atoms with E-state index in [0.29, 0.717) is 25.9 Å². The summed E-state index contributed by atoms with van der Waals surface area (Å²) in [6.07, 6.45) is -1.27. The number of likely N-dealkylation sites (N-methyl/N-ethyl adjacent to an activating group) is 1. The van der Waals surface area contributed by atoms with Crippen LogP contribution in [0.3, 0.4) is 0 Å². The van der Waals surface area contributed by atoms with E-state index in [1.807, 2.05) is 41.2 Å². The van der Waals surface area contributed by atoms with Crippen molar-refractivity contribution in [3.8, 4) is 0 Å². The Morgan fingerprint density at radius 3 is 2.61 bits per heavy atom. The molecule has 3 heterocycles. The van der Waals surface area contributed by atoms with Crippen LogP contribution in [0.5, 0.6) is 0 Å². The number of rotatable bonds is 6. The fourth-order valence-electron chi connectivity index (χ4n) is 6.42. The van der Waals surface area contributed by atoms with Crippen molar-refractivity contribution in [1.82, 2.24) is 19.7 Å². The van der Waals surface area contributed by atoms with Gasteiger partial charge in [-0.25, -0.2) is 0 Å². The Balaban J connectivity index is 1.09. The van der Waals surface area contributed by atoms with Crippen LogP contribution in [0.15, 0.2) is 47.1 Å². The lowest BCUT2D eigenvalue weighted by Crippen LogP contribution is -2.44. The van der Waals surface area contributed by atoms with E-state index in [0.717, 1.165) is 53.2 Å². The summed E-state index contributed by atoms with van der Waals surface area (Å²) in [5.74, 6) is -0.239. The van der Waals surface area contributed by atoms with Gasteiger partial charge in [-0.15, -0.1) is 0 Å². The van der Waals surface area contributed by atoms with Crippen molar-refractivity contribution >= 4 is 44.3 Å². The number of halogens is 4. The number of nitrogens with zero attached hydrogens (tertiary/aromatic N) is 3. The Morgan fingerprint density at radius 1 is 1.10 bits per heavy atom. The van der Waals surface area contributed by atoms with Crippen LogP contribution in [0.4, 0.5) is 18.9 Å². The Hall–Kier alpha value is -2.89. The van der Waals surface area contributed by atoms with Crippen LogP contribution in [0.2, 0.25) is 0 Å². The maximum atomic E-state index is 14.0. The largest absolute Gasteiger partial charge is 0.416 e. The molecule has 41 heavy (non-hydrogen) atoms. The standard InChI is InChI=1S/C30H33BrF3N5O2/c1-37-9-11-38(12-10-37)17-19-5-6-22(14-23(19)30(32,33)34)36-28(41)29-7-8-39(18-21(29)15-29)26(40)13-20-16-35-25-4-2-3-24(31)27(20)25/h2-6,14,16,21,35H,7-13,15,17-18H2,1H3,(H,36,41). The van der Waals surface area contributed by atoms with Crippen LogP contribution in [0.25, 0.3) is 10.9 Å². The predicted molar refractivity (Wildman–Crippen MR) is 154 cm³/mol. The summed E-state index contributed by atoms with van der Waals surface area (Å²) < 4.78 is 42.9. The number of benzene rings is 2. The van der Waals surface area contributed by atoms with Crippen molar-refractivity contribution in [3.63, 3.8) is 0 Å². The first-order valence-electron chi connectivity index (χ1n) is 14.0. The number of likely N-dealkylation sites (tertiary alicyclic amines) is 1. The number of anilines is 1. The lowest BCUT2D eigenvalue weighted by atomic mass is 9.93. The zero-order chi connectivity index (χ0) is 28.9. The van der Waals surface area contributed by atoms with Crippen molar-refractivity contribution in [3.05, 3.63) is 63.8 Å². The molecule has 2 unspecified atom stereocenters. The molecule has 2 atom stereocenters. The summed E-state index contributed by atoms with van der Waals surface area (Å²) in [5, 5.41) is 3.77. The van der Waals surface area contributed by atoms with Gasteiger partial charge >= 0.3 is 6.18 Å². The Labute approximate surface area is 245 Å². The zero-order valence-corrected chi connectivity index (χ0v) is 24.4. The second-order valence-electron chi connectivity index (χ2n) is 11.7. The summed E-state index contributed by atoms with van der Waals surface area (Å²) in [4.78, 5) is 35.7. The van der Waals surface area contributed by atoms with Crippen molar-refractivity contribution < 1.29 is 22.8 Å². The number of piperazine rings is 1. The van der Waals surface area contributed by atoms with Crippen LogP contribution in [-0.2, 0) is 28.7 Å². The van der Waals surface area contributed by atoms with Gasteiger partial charge in [-0.2, -0.15) is 13.2 Å². The van der Waals surface area contributed by atoms with Crippen LogP contribution in [-0.4, -0.2) is 77.8 Å². The fraction of sp³-hybridized carbons (Fsp3) is 0.467. The molecule has 1 aliphatic carbocycles. The molecule has 3 fully saturated rings. The van der Waals surface area contributed by atoms with E-state index in [2.05, 4.69) is 31.1 Å². The second kappa shape index (κ2) is 10.7. The van der Waals surface area contributed by atoms with Gasteiger partial charge in [-0.3, -0.25) is 14.5 Å². The lowest BCUT2D eigenvalue weighted by Gasteiger charge is -2.33. The van der Waals surface area contributed by atoms with Crippen molar-refractivity contribution in [1.29, 1.82) is 0 Å². The molecule has 2 aliphatic heterocycles. The average molecular weight is 633 g/mol. The molecule has 1 aromatic heterocycles. The van der Waals surface area contributed by atoms with E-state index in [1.54, 1.807) is 6.07 Å². The molecule has 1 saturated carbocycles. The molecule has 2 saturated heterocycles. The lowest BCUT2D eigenvalue weighted by molar-refractivity contribution is -0.138. The minimum absolute atomic E-state index is 0.00770. The first-order chi connectivity index (χ1) is 19.5. The van der Waals surface area contributed by atoms with Crippen LogP contribution < -0.4 is 5.32 Å². The smallest absolute Gasteiger partial charge is 0.361 e. The van der Waals surface area contributed by atoms with Gasteiger partial charge in [0, 0.05) is 73.1 Å². The molecule has 3 aliphatic rings. The Morgan fingerprint density at radius 2 is 1.88 bits per heavy atom. The van der Waals surface area contributed by atoms with Gasteiger partial charge < -0.3 is 20.1 Å². The predicted octanol–water partition coefficient (Wildman–Crippen LogP) is 5.12. The van der Waals surface area contributed by atoms with E-state index in [4.69, 9.17) is 0 Å². The number of carbonyl (C=O) groups is 2. The van der Waals surface area contributed by atoms with Gasteiger partial charge in [-0.1, -0.05) is 28.1 Å². The highest BCUT2D eigenvalue weighted by atomic mass is 79.9. The molecule has 2 aromatic carbocycles. The number of fused-ring (bicyclic) bond motifs is 2. The van der Waals surface area contributed by atoms with Gasteiger partial charge in [0.25, 0.3) is 0 Å². The molecule has 2 amide bonds. The zero-order valence-electron chi connectivity index (χ0n) is 22.9. The van der Waals surface area contributed by atoms with E-state index in [1.165, 1.54) is 6.07 Å². The van der Waals surface area contributed by atoms with Crippen LogP contribution >= 0.6 is 15.9 Å². The molecular weight excluding hydrogens is 599 g/mol. The number of piperidine rings is 1. The van der Waals surface area contributed by atoms with E-state index in [-0.39, 0.29) is 41.9 Å². The average Bonchev–Trinajstić information content (AvgIpc) is 3.55. The summed E-state index contributed by atoms with van der Waals surface area (Å²) in [6, 6.07) is 9.97. The van der Waals surface area contributed by atoms with Crippen molar-refractivity contribution in [2.24, 2.45) is 11.3 Å². The highest BCUT2D eigenvalue weighted by molar-refractivity contribution is 9.10. The van der Waals surface area contributed by atoms with E-state index in [9.17, 15) is 22.8 Å². The topological polar surface area (TPSA) is 71.7 Å². The summed E-state index contributed by atoms with van der Waals surface area (Å²) >= 11 is 3.57. The third kappa shape index (κ3) is 5.63. The number of amides is 2. The summed E-state index contributed by atoms with van der Waals surface area (Å²) in [5.41, 5.74) is 0.921. The van der Waals surface area contributed by atoms with Crippen LogP contribution in [0.1, 0.15) is 29.5 Å². The van der Waals surface area contributed by atoms with Crippen molar-refractivity contribution in [2.45, 2.75) is 32.0 Å². The van der Waals surface area contributed by atoms with Gasteiger partial charge in [0.2, 0.25) is 11.8 Å². The first-order valence-corrected chi connectivity index (χ1v) is 14.8. The molecular formula is C30H33BrF3N5O2. The van der Waals surface area contributed by atoms with Gasteiger partial charge in [0.15, 0.2) is 0 Å². The maximum Gasteiger partial charge on any atom is 0.416 e. The van der Waals surface area contributed by atoms with Gasteiger partial charge in [0.1, 0.15) is 0 Å². The maximum absolute atomic E-state index is 14.0. The van der Waals surface area contributed by atoms with Gasteiger partial charge in [0.05, 0.1) is 17.4 Å². The van der Waals surface area contributed by atoms with E-state index < -0.39 is 17.2 Å². The molecule has 2 N–H and O–H groups in total. The summed E-state index contributed by atoms with van der Waals surface area (Å²) in [6.45, 7) is 4.23. The number of aromatic nitrogens is 1. The second-order valence-corrected chi connectivity index (χ2v) is 12.6. The highest BCUT2D eigenvalue weighted by Crippen LogP contribution is 2.58. The minimum Gasteiger partial charge on any atom is -0.361 e. The SMILES string of the molecule is CN1CCN(Cc2ccc(NC(=O)C34CCN(C(=O)Cc5c[nH]c6cccc(Br)c56)CC3C4)cc2C(F)(F)F)CC1. The normalized spacial score (nSPS) is 23.4. The molecule has 218 valence electrons. The van der Waals surface area contributed by atoms with Crippen LogP contribution in [0, 0.1) is 11.3 Å². The number of H-pyrrole nitrogens is 1. The molecule has 0 radical (unpaired) electrons. The monoisotopic (exact) mass is 631 g/mol. The first kappa shape index (κ1) is 28.2. The molecule has 11 heteroatoms. The third-order valence-corrected chi connectivity index (χ3v) is 9.71. The fourth-order valence-corrected chi connectivity index (χ4v) is 7.04. The molecule has 3 aromatic rings. The molecule has 0 spiro atoms. The van der Waals surface area contributed by atoms with E-state index >= 15 is 0 Å². The Kier molecular flexibility index (Phi) is 7.40. The number of carbonyl (C=O) groups excluding carboxylic acids is 2. The number of aromatic amines is 1. The third-order valence-electron chi connectivity index (χ3n) is 9.05.